The van der Waals surface area contributed by atoms with Crippen LogP contribution < -0.4 is 0 Å². The van der Waals surface area contributed by atoms with Crippen LogP contribution in [-0.4, -0.2) is 11.7 Å². The molecule has 0 radical (unpaired) electrons. The minimum atomic E-state index is 0.280. The van der Waals surface area contributed by atoms with Crippen LogP contribution in [0, 0.1) is 11.8 Å². The van der Waals surface area contributed by atoms with E-state index in [9.17, 15) is 0 Å². The Morgan fingerprint density at radius 2 is 2.33 bits per heavy atom. The van der Waals surface area contributed by atoms with Gasteiger partial charge in [-0.3, -0.25) is 0 Å². The van der Waals surface area contributed by atoms with E-state index in [1.807, 2.05) is 0 Å². The number of rotatable bonds is 3. The quantitative estimate of drug-likeness (QED) is 0.683. The zero-order valence-electron chi connectivity index (χ0n) is 7.96. The molecule has 0 amide bonds. The van der Waals surface area contributed by atoms with Crippen LogP contribution in [0.5, 0.6) is 0 Å². The molecule has 0 aliphatic heterocycles. The number of hydrogen-bond donors (Lipinski definition) is 1. The molecule has 0 aromatic carbocycles. The molecule has 0 aromatic heterocycles. The fourth-order valence-electron chi connectivity index (χ4n) is 1.47. The minimum Gasteiger partial charge on any atom is -0.396 e. The van der Waals surface area contributed by atoms with Crippen LogP contribution in [0.3, 0.4) is 0 Å². The van der Waals surface area contributed by atoms with Gasteiger partial charge in [0.1, 0.15) is 0 Å². The summed E-state index contributed by atoms with van der Waals surface area (Å²) >= 11 is 0. The number of hydrogen-bond acceptors (Lipinski definition) is 1. The Balaban J connectivity index is 2.41. The predicted molar refractivity (Wildman–Crippen MR) is 51.9 cm³/mol. The monoisotopic (exact) mass is 166 g/mol. The lowest BCUT2D eigenvalue weighted by Gasteiger charge is -2.14. The summed E-state index contributed by atoms with van der Waals surface area (Å²) in [5, 5.41) is 8.88. The molecule has 1 aliphatic rings. The Morgan fingerprint density at radius 1 is 1.58 bits per heavy atom. The lowest BCUT2D eigenvalue weighted by molar-refractivity contribution is 0.252. The Hall–Kier alpha value is -0.560. The van der Waals surface area contributed by atoms with Crippen LogP contribution >= 0.6 is 0 Å². The standard InChI is InChI=1S/C11H18O/c1-9(2)7-10-3-5-11(8-12)6-4-10/h3-5,9,11-12H,6-8H2,1-2H3. The van der Waals surface area contributed by atoms with Crippen molar-refractivity contribution >= 4 is 0 Å². The van der Waals surface area contributed by atoms with Crippen molar-refractivity contribution in [3.8, 4) is 0 Å². The molecule has 0 bridgehead atoms. The fraction of sp³-hybridized carbons (Fsp3) is 0.636. The van der Waals surface area contributed by atoms with Crippen molar-refractivity contribution in [2.75, 3.05) is 6.61 Å². The van der Waals surface area contributed by atoms with Gasteiger partial charge < -0.3 is 5.11 Å². The van der Waals surface area contributed by atoms with E-state index < -0.39 is 0 Å². The second-order valence-electron chi connectivity index (χ2n) is 3.91. The average molecular weight is 166 g/mol. The van der Waals surface area contributed by atoms with Gasteiger partial charge in [-0.05, 0) is 18.8 Å². The molecule has 0 fully saturated rings. The van der Waals surface area contributed by atoms with Gasteiger partial charge in [-0.15, -0.1) is 0 Å². The maximum absolute atomic E-state index is 8.88. The van der Waals surface area contributed by atoms with Gasteiger partial charge in [0, 0.05) is 12.5 Å². The van der Waals surface area contributed by atoms with Crippen LogP contribution in [-0.2, 0) is 0 Å². The van der Waals surface area contributed by atoms with E-state index in [4.69, 9.17) is 5.11 Å². The van der Waals surface area contributed by atoms with E-state index in [0.29, 0.717) is 5.92 Å². The molecule has 1 unspecified atom stereocenters. The number of aliphatic hydroxyl groups excluding tert-OH is 1. The van der Waals surface area contributed by atoms with Gasteiger partial charge in [-0.1, -0.05) is 37.6 Å². The molecule has 1 aliphatic carbocycles. The van der Waals surface area contributed by atoms with Gasteiger partial charge in [-0.2, -0.15) is 0 Å². The third-order valence-corrected chi connectivity index (χ3v) is 2.14. The number of aliphatic hydroxyl groups is 1. The first-order valence-electron chi connectivity index (χ1n) is 4.70. The summed E-state index contributed by atoms with van der Waals surface area (Å²) in [4.78, 5) is 0. The van der Waals surface area contributed by atoms with Gasteiger partial charge in [0.25, 0.3) is 0 Å². The van der Waals surface area contributed by atoms with Crippen molar-refractivity contribution in [1.82, 2.24) is 0 Å². The lowest BCUT2D eigenvalue weighted by atomic mass is 9.93. The van der Waals surface area contributed by atoms with Crippen molar-refractivity contribution in [2.45, 2.75) is 26.7 Å². The van der Waals surface area contributed by atoms with Crippen molar-refractivity contribution in [2.24, 2.45) is 11.8 Å². The number of allylic oxidation sites excluding steroid dienone is 3. The van der Waals surface area contributed by atoms with Gasteiger partial charge >= 0.3 is 0 Å². The molecule has 12 heavy (non-hydrogen) atoms. The zero-order chi connectivity index (χ0) is 8.97. The third kappa shape index (κ3) is 2.82. The van der Waals surface area contributed by atoms with Gasteiger partial charge in [0.2, 0.25) is 0 Å². The van der Waals surface area contributed by atoms with E-state index in [0.717, 1.165) is 18.8 Å². The normalized spacial score (nSPS) is 23.0. The van der Waals surface area contributed by atoms with E-state index in [-0.39, 0.29) is 6.61 Å². The maximum atomic E-state index is 8.88. The van der Waals surface area contributed by atoms with Gasteiger partial charge in [-0.25, -0.2) is 0 Å². The highest BCUT2D eigenvalue weighted by atomic mass is 16.3. The fourth-order valence-corrected chi connectivity index (χ4v) is 1.47. The SMILES string of the molecule is CC(C)CC1=CCC(CO)C=C1. The molecule has 0 heterocycles. The van der Waals surface area contributed by atoms with Gasteiger partial charge in [0.15, 0.2) is 0 Å². The summed E-state index contributed by atoms with van der Waals surface area (Å²) in [6.45, 7) is 4.74. The molecular formula is C11H18O. The van der Waals surface area contributed by atoms with E-state index in [2.05, 4.69) is 32.1 Å². The van der Waals surface area contributed by atoms with Crippen molar-refractivity contribution in [3.63, 3.8) is 0 Å². The second-order valence-corrected chi connectivity index (χ2v) is 3.91. The molecule has 0 aromatic rings. The Kier molecular flexibility index (Phi) is 3.54. The molecule has 1 N–H and O–H groups in total. The summed E-state index contributed by atoms with van der Waals surface area (Å²) < 4.78 is 0. The highest BCUT2D eigenvalue weighted by Crippen LogP contribution is 2.20. The first kappa shape index (κ1) is 9.53. The molecule has 68 valence electrons. The summed E-state index contributed by atoms with van der Waals surface area (Å²) in [7, 11) is 0. The maximum Gasteiger partial charge on any atom is 0.0496 e. The largest absolute Gasteiger partial charge is 0.396 e. The Bertz CT molecular complexity index is 189. The second kappa shape index (κ2) is 4.46. The Morgan fingerprint density at radius 3 is 2.75 bits per heavy atom. The summed E-state index contributed by atoms with van der Waals surface area (Å²) in [5.41, 5.74) is 1.43. The van der Waals surface area contributed by atoms with Crippen LogP contribution in [0.2, 0.25) is 0 Å². The summed E-state index contributed by atoms with van der Waals surface area (Å²) in [6.07, 6.45) is 8.70. The lowest BCUT2D eigenvalue weighted by Crippen LogP contribution is -2.05. The molecule has 1 rings (SSSR count). The van der Waals surface area contributed by atoms with Crippen LogP contribution in [0.1, 0.15) is 26.7 Å². The van der Waals surface area contributed by atoms with E-state index >= 15 is 0 Å². The zero-order valence-corrected chi connectivity index (χ0v) is 7.96. The molecule has 1 atom stereocenters. The average Bonchev–Trinajstić information content (AvgIpc) is 2.05. The van der Waals surface area contributed by atoms with Crippen molar-refractivity contribution in [1.29, 1.82) is 0 Å². The molecule has 1 heteroatoms. The molecule has 0 saturated heterocycles. The Labute approximate surface area is 74.8 Å². The van der Waals surface area contributed by atoms with Crippen molar-refractivity contribution in [3.05, 3.63) is 23.8 Å². The smallest absolute Gasteiger partial charge is 0.0496 e. The molecule has 1 nitrogen and oxygen atoms in total. The van der Waals surface area contributed by atoms with Crippen LogP contribution in [0.25, 0.3) is 0 Å². The third-order valence-electron chi connectivity index (χ3n) is 2.14. The minimum absolute atomic E-state index is 0.280. The van der Waals surface area contributed by atoms with E-state index in [1.54, 1.807) is 0 Å². The van der Waals surface area contributed by atoms with E-state index in [1.165, 1.54) is 5.57 Å². The highest BCUT2D eigenvalue weighted by Gasteiger charge is 2.07. The summed E-state index contributed by atoms with van der Waals surface area (Å²) in [5.74, 6) is 1.09. The molecule has 0 saturated carbocycles. The summed E-state index contributed by atoms with van der Waals surface area (Å²) in [6, 6.07) is 0. The molecule has 0 spiro atoms. The van der Waals surface area contributed by atoms with Crippen molar-refractivity contribution < 1.29 is 5.11 Å². The van der Waals surface area contributed by atoms with Gasteiger partial charge in [0.05, 0.1) is 0 Å². The first-order valence-corrected chi connectivity index (χ1v) is 4.70. The first-order chi connectivity index (χ1) is 5.72. The van der Waals surface area contributed by atoms with Crippen LogP contribution in [0.4, 0.5) is 0 Å². The topological polar surface area (TPSA) is 20.2 Å². The molecular weight excluding hydrogens is 148 g/mol. The predicted octanol–water partition coefficient (Wildman–Crippen LogP) is 2.53. The van der Waals surface area contributed by atoms with Crippen LogP contribution in [0.15, 0.2) is 23.8 Å². The highest BCUT2D eigenvalue weighted by molar-refractivity contribution is 5.23.